The van der Waals surface area contributed by atoms with Crippen molar-refractivity contribution in [3.63, 3.8) is 0 Å². The van der Waals surface area contributed by atoms with Crippen molar-refractivity contribution in [2.24, 2.45) is 5.92 Å². The third-order valence-corrected chi connectivity index (χ3v) is 6.20. The van der Waals surface area contributed by atoms with Crippen LogP contribution in [0.1, 0.15) is 29.9 Å². The lowest BCUT2D eigenvalue weighted by Gasteiger charge is -2.38. The van der Waals surface area contributed by atoms with E-state index in [1.54, 1.807) is 26.2 Å². The second-order valence-electron chi connectivity index (χ2n) is 6.33. The van der Waals surface area contributed by atoms with E-state index < -0.39 is 10.0 Å². The molecule has 0 spiro atoms. The average molecular weight is 351 g/mol. The van der Waals surface area contributed by atoms with Crippen molar-refractivity contribution in [1.82, 2.24) is 14.9 Å². The van der Waals surface area contributed by atoms with Crippen LogP contribution in [0.25, 0.3) is 0 Å². The van der Waals surface area contributed by atoms with Crippen LogP contribution in [0.15, 0.2) is 33.9 Å². The van der Waals surface area contributed by atoms with Gasteiger partial charge in [0.1, 0.15) is 10.6 Å². The molecule has 0 saturated heterocycles. The SMILES string of the molecule is Cc1noc(C)c1S(=O)(=O)NC(Cc1ccncc1)C1CC(O)C1. The van der Waals surface area contributed by atoms with Crippen molar-refractivity contribution in [2.45, 2.75) is 50.2 Å². The van der Waals surface area contributed by atoms with Gasteiger partial charge in [-0.1, -0.05) is 5.16 Å². The second-order valence-corrected chi connectivity index (χ2v) is 7.98. The number of aryl methyl sites for hydroxylation is 2. The first-order valence-electron chi connectivity index (χ1n) is 7.89. The number of hydrogen-bond acceptors (Lipinski definition) is 6. The summed E-state index contributed by atoms with van der Waals surface area (Å²) in [7, 11) is -3.74. The molecule has 1 saturated carbocycles. The largest absolute Gasteiger partial charge is 0.393 e. The minimum absolute atomic E-state index is 0.0992. The lowest BCUT2D eigenvalue weighted by atomic mass is 9.76. The summed E-state index contributed by atoms with van der Waals surface area (Å²) >= 11 is 0. The number of hydrogen-bond donors (Lipinski definition) is 2. The van der Waals surface area contributed by atoms with Gasteiger partial charge in [-0.05, 0) is 56.7 Å². The molecule has 8 heteroatoms. The number of sulfonamides is 1. The van der Waals surface area contributed by atoms with Crippen LogP contribution in [0.2, 0.25) is 0 Å². The molecular weight excluding hydrogens is 330 g/mol. The molecule has 0 bridgehead atoms. The molecule has 1 unspecified atom stereocenters. The Bertz CT molecular complexity index is 778. The monoisotopic (exact) mass is 351 g/mol. The molecule has 130 valence electrons. The summed E-state index contributed by atoms with van der Waals surface area (Å²) in [6, 6.07) is 3.44. The van der Waals surface area contributed by atoms with Crippen LogP contribution in [-0.4, -0.2) is 35.8 Å². The number of aliphatic hydroxyl groups excluding tert-OH is 1. The van der Waals surface area contributed by atoms with Crippen LogP contribution in [0.5, 0.6) is 0 Å². The van der Waals surface area contributed by atoms with E-state index in [-0.39, 0.29) is 28.7 Å². The predicted octanol–water partition coefficient (Wildman–Crippen LogP) is 1.35. The topological polar surface area (TPSA) is 105 Å². The Morgan fingerprint density at radius 3 is 2.54 bits per heavy atom. The number of aromatic nitrogens is 2. The molecule has 0 radical (unpaired) electrons. The first kappa shape index (κ1) is 17.1. The molecule has 2 aromatic heterocycles. The molecule has 7 nitrogen and oxygen atoms in total. The maximum atomic E-state index is 12.8. The highest BCUT2D eigenvalue weighted by molar-refractivity contribution is 7.89. The van der Waals surface area contributed by atoms with E-state index in [4.69, 9.17) is 4.52 Å². The Labute approximate surface area is 141 Å². The van der Waals surface area contributed by atoms with E-state index in [0.29, 0.717) is 25.0 Å². The zero-order chi connectivity index (χ0) is 17.3. The van der Waals surface area contributed by atoms with Gasteiger partial charge in [-0.3, -0.25) is 4.98 Å². The summed E-state index contributed by atoms with van der Waals surface area (Å²) in [6.07, 6.45) is 4.76. The molecule has 1 atom stereocenters. The van der Waals surface area contributed by atoms with Gasteiger partial charge < -0.3 is 9.63 Å². The van der Waals surface area contributed by atoms with E-state index in [9.17, 15) is 13.5 Å². The first-order valence-corrected chi connectivity index (χ1v) is 9.37. The van der Waals surface area contributed by atoms with E-state index in [1.807, 2.05) is 12.1 Å². The fraction of sp³-hybridized carbons (Fsp3) is 0.500. The van der Waals surface area contributed by atoms with Crippen LogP contribution >= 0.6 is 0 Å². The highest BCUT2D eigenvalue weighted by atomic mass is 32.2. The van der Waals surface area contributed by atoms with Gasteiger partial charge in [-0.25, -0.2) is 13.1 Å². The summed E-state index contributed by atoms with van der Waals surface area (Å²) in [5.41, 5.74) is 1.34. The Balaban J connectivity index is 1.83. The minimum Gasteiger partial charge on any atom is -0.393 e. The molecule has 1 fully saturated rings. The Kier molecular flexibility index (Phi) is 4.71. The maximum Gasteiger partial charge on any atom is 0.246 e. The molecule has 1 aliphatic carbocycles. The maximum absolute atomic E-state index is 12.8. The fourth-order valence-electron chi connectivity index (χ4n) is 3.15. The lowest BCUT2D eigenvalue weighted by Crippen LogP contribution is -2.48. The van der Waals surface area contributed by atoms with E-state index in [0.717, 1.165) is 5.56 Å². The third kappa shape index (κ3) is 3.50. The number of nitrogens with one attached hydrogen (secondary N) is 1. The van der Waals surface area contributed by atoms with Gasteiger partial charge in [-0.2, -0.15) is 0 Å². The van der Waals surface area contributed by atoms with E-state index in [2.05, 4.69) is 14.9 Å². The molecule has 0 amide bonds. The summed E-state index contributed by atoms with van der Waals surface area (Å²) < 4.78 is 33.3. The molecule has 0 aliphatic heterocycles. The number of nitrogens with zero attached hydrogens (tertiary/aromatic N) is 2. The van der Waals surface area contributed by atoms with Crippen LogP contribution in [0, 0.1) is 19.8 Å². The second kappa shape index (κ2) is 6.62. The van der Waals surface area contributed by atoms with Crippen LogP contribution < -0.4 is 4.72 Å². The van der Waals surface area contributed by atoms with Crippen LogP contribution in [0.4, 0.5) is 0 Å². The molecule has 2 aromatic rings. The van der Waals surface area contributed by atoms with Crippen molar-refractivity contribution in [2.75, 3.05) is 0 Å². The van der Waals surface area contributed by atoms with E-state index >= 15 is 0 Å². The van der Waals surface area contributed by atoms with Gasteiger partial charge in [0.2, 0.25) is 10.0 Å². The minimum atomic E-state index is -3.74. The molecule has 2 N–H and O–H groups in total. The van der Waals surface area contributed by atoms with Crippen LogP contribution in [0.3, 0.4) is 0 Å². The summed E-state index contributed by atoms with van der Waals surface area (Å²) in [6.45, 7) is 3.19. The Morgan fingerprint density at radius 1 is 1.33 bits per heavy atom. The number of aliphatic hydroxyl groups is 1. The lowest BCUT2D eigenvalue weighted by molar-refractivity contribution is 0.0283. The smallest absolute Gasteiger partial charge is 0.246 e. The molecule has 0 aromatic carbocycles. The quantitative estimate of drug-likeness (QED) is 0.814. The summed E-state index contributed by atoms with van der Waals surface area (Å²) in [4.78, 5) is 4.08. The standard InChI is InChI=1S/C16H21N3O4S/c1-10-16(11(2)23-18-10)24(21,22)19-15(13-8-14(20)9-13)7-12-3-5-17-6-4-12/h3-6,13-15,19-20H,7-9H2,1-2H3. The molecule has 3 rings (SSSR count). The van der Waals surface area contributed by atoms with Gasteiger partial charge in [0, 0.05) is 18.4 Å². The van der Waals surface area contributed by atoms with Crippen molar-refractivity contribution < 1.29 is 18.0 Å². The molecule has 24 heavy (non-hydrogen) atoms. The highest BCUT2D eigenvalue weighted by Crippen LogP contribution is 2.33. The predicted molar refractivity (Wildman–Crippen MR) is 86.8 cm³/mol. The van der Waals surface area contributed by atoms with Crippen molar-refractivity contribution in [3.8, 4) is 0 Å². The molecular formula is C16H21N3O4S. The van der Waals surface area contributed by atoms with Crippen LogP contribution in [-0.2, 0) is 16.4 Å². The van der Waals surface area contributed by atoms with Gasteiger partial charge in [0.05, 0.1) is 6.10 Å². The number of rotatable bonds is 6. The first-order chi connectivity index (χ1) is 11.4. The zero-order valence-electron chi connectivity index (χ0n) is 13.6. The van der Waals surface area contributed by atoms with Gasteiger partial charge in [0.25, 0.3) is 0 Å². The van der Waals surface area contributed by atoms with Crippen molar-refractivity contribution in [1.29, 1.82) is 0 Å². The average Bonchev–Trinajstić information content (AvgIpc) is 2.84. The van der Waals surface area contributed by atoms with Gasteiger partial charge in [-0.15, -0.1) is 0 Å². The number of pyridine rings is 1. The highest BCUT2D eigenvalue weighted by Gasteiger charge is 2.37. The van der Waals surface area contributed by atoms with Crippen molar-refractivity contribution >= 4 is 10.0 Å². The molecule has 1 aliphatic rings. The fourth-order valence-corrected chi connectivity index (χ4v) is 4.79. The Morgan fingerprint density at radius 2 is 2.00 bits per heavy atom. The zero-order valence-corrected chi connectivity index (χ0v) is 14.5. The van der Waals surface area contributed by atoms with Crippen molar-refractivity contribution in [3.05, 3.63) is 41.5 Å². The van der Waals surface area contributed by atoms with Gasteiger partial charge >= 0.3 is 0 Å². The summed E-state index contributed by atoms with van der Waals surface area (Å²) in [5.74, 6) is 0.375. The van der Waals surface area contributed by atoms with E-state index in [1.165, 1.54) is 0 Å². The molecule has 2 heterocycles. The summed E-state index contributed by atoms with van der Waals surface area (Å²) in [5, 5.41) is 13.3. The third-order valence-electron chi connectivity index (χ3n) is 4.47. The Hall–Kier alpha value is -1.77. The van der Waals surface area contributed by atoms with Gasteiger partial charge in [0.15, 0.2) is 5.76 Å². The normalized spacial score (nSPS) is 22.1.